The lowest BCUT2D eigenvalue weighted by Crippen LogP contribution is -2.26. The highest BCUT2D eigenvalue weighted by molar-refractivity contribution is 9.10. The van der Waals surface area contributed by atoms with Crippen LogP contribution in [0.25, 0.3) is 68.1 Å². The van der Waals surface area contributed by atoms with Crippen molar-refractivity contribution in [2.45, 2.75) is 5.41 Å². The van der Waals surface area contributed by atoms with Gasteiger partial charge >= 0.3 is 0 Å². The van der Waals surface area contributed by atoms with E-state index >= 15 is 0 Å². The number of fused-ring (bicyclic) bond motifs is 10. The van der Waals surface area contributed by atoms with Crippen molar-refractivity contribution in [3.05, 3.63) is 140 Å². The molecule has 10 rings (SSSR count). The van der Waals surface area contributed by atoms with Crippen LogP contribution in [-0.2, 0) is 62.3 Å². The third kappa shape index (κ3) is 18.0. The van der Waals surface area contributed by atoms with Gasteiger partial charge in [0.2, 0.25) is 23.6 Å². The van der Waals surface area contributed by atoms with E-state index in [1.54, 1.807) is 28.4 Å². The third-order valence-electron chi connectivity index (χ3n) is 15.1. The normalized spacial score (nSPS) is 12.5. The van der Waals surface area contributed by atoms with E-state index in [9.17, 15) is 0 Å². The lowest BCUT2D eigenvalue weighted by molar-refractivity contribution is 0.0160. The zero-order valence-electron chi connectivity index (χ0n) is 52.8. The fraction of sp³-hybridized carbons (Fsp3) is 0.420. The van der Waals surface area contributed by atoms with Gasteiger partial charge in [-0.25, -0.2) is 0 Å². The molecule has 0 radical (unpaired) electrons. The van der Waals surface area contributed by atoms with Crippen molar-refractivity contribution in [3.8, 4) is 91.1 Å². The van der Waals surface area contributed by atoms with Crippen LogP contribution in [-0.4, -0.2) is 207 Å². The van der Waals surface area contributed by atoms with Crippen LogP contribution >= 0.6 is 31.9 Å². The molecule has 0 saturated carbocycles. The average molecular weight is 1410 g/mol. The molecule has 93 heavy (non-hydrogen) atoms. The minimum absolute atomic E-state index is 0.247. The van der Waals surface area contributed by atoms with Gasteiger partial charge in [0.15, 0.2) is 23.0 Å². The van der Waals surface area contributed by atoms with E-state index in [0.717, 1.165) is 64.6 Å². The van der Waals surface area contributed by atoms with Crippen molar-refractivity contribution in [1.29, 1.82) is 0 Å². The van der Waals surface area contributed by atoms with Crippen molar-refractivity contribution in [2.75, 3.05) is 187 Å². The standard InChI is InChI=1S/C69H78Br2N4O18/c1-76-17-21-80-25-29-84-33-37-88-61-15-7-49(43-63(61)90-39-35-86-31-27-82-23-19-78-3)67-74-72-65(92-67)47-5-11-53-54-12-6-48(42-58(54)69(57(53)41-47)59-45-51(70)9-13-55(59)56-14-10-52(71)46-60(56)69)66-73-75-68(93-66)50-8-16-62(89-38-34-85-30-26-81-22-18-77-2)64(44-50)91-40-36-87-32-28-83-24-20-79-4/h5-16,41-46H,17-40H2,1-4H3. The smallest absolute Gasteiger partial charge is 0.248 e. The summed E-state index contributed by atoms with van der Waals surface area (Å²) in [6.07, 6.45) is 0. The predicted octanol–water partition coefficient (Wildman–Crippen LogP) is 11.2. The SMILES string of the molecule is COCCOCCOCCOc1ccc(-c2nnc(-c3ccc4c(c3)C3(c5cc(Br)ccc5-c5ccc(Br)cc53)c3cc(-c5nnc(-c6ccc(OCCOCCOCCOC)c(OCCOCCOCCOC)c6)o5)ccc3-4)o2)cc1OCCOCCOCCOC. The molecule has 0 unspecified atom stereocenters. The zero-order valence-corrected chi connectivity index (χ0v) is 55.9. The molecule has 0 bridgehead atoms. The topological polar surface area (TPSA) is 226 Å². The summed E-state index contributed by atoms with van der Waals surface area (Å²) in [7, 11) is 6.55. The summed E-state index contributed by atoms with van der Waals surface area (Å²) < 4.78 is 105. The van der Waals surface area contributed by atoms with Gasteiger partial charge in [-0.3, -0.25) is 0 Å². The second kappa shape index (κ2) is 36.2. The lowest BCUT2D eigenvalue weighted by atomic mass is 9.70. The van der Waals surface area contributed by atoms with E-state index in [2.05, 4.69) is 113 Å². The maximum absolute atomic E-state index is 6.61. The minimum atomic E-state index is -0.835. The van der Waals surface area contributed by atoms with Crippen LogP contribution in [0.1, 0.15) is 22.3 Å². The number of rotatable bonds is 44. The van der Waals surface area contributed by atoms with E-state index in [4.69, 9.17) is 84.6 Å². The summed E-state index contributed by atoms with van der Waals surface area (Å²) in [4.78, 5) is 0. The summed E-state index contributed by atoms with van der Waals surface area (Å²) >= 11 is 7.74. The highest BCUT2D eigenvalue weighted by Gasteiger charge is 2.52. The first-order valence-corrected chi connectivity index (χ1v) is 32.4. The monoisotopic (exact) mass is 1410 g/mol. The summed E-state index contributed by atoms with van der Waals surface area (Å²) in [6.45, 7) is 9.88. The van der Waals surface area contributed by atoms with E-state index in [-0.39, 0.29) is 26.4 Å². The van der Waals surface area contributed by atoms with Gasteiger partial charge in [0.05, 0.1) is 138 Å². The summed E-state index contributed by atoms with van der Waals surface area (Å²) in [5, 5.41) is 18.5. The molecule has 6 aromatic carbocycles. The second-order valence-electron chi connectivity index (χ2n) is 21.1. The molecule has 2 aliphatic rings. The van der Waals surface area contributed by atoms with Crippen LogP contribution in [0.4, 0.5) is 0 Å². The maximum Gasteiger partial charge on any atom is 0.248 e. The minimum Gasteiger partial charge on any atom is -0.487 e. The van der Waals surface area contributed by atoms with Crippen LogP contribution in [0.15, 0.2) is 127 Å². The third-order valence-corrected chi connectivity index (χ3v) is 16.1. The second-order valence-corrected chi connectivity index (χ2v) is 22.9. The first-order valence-electron chi connectivity index (χ1n) is 30.8. The van der Waals surface area contributed by atoms with Gasteiger partial charge in [0.25, 0.3) is 0 Å². The van der Waals surface area contributed by atoms with Crippen molar-refractivity contribution >= 4 is 31.9 Å². The van der Waals surface area contributed by atoms with Crippen molar-refractivity contribution in [3.63, 3.8) is 0 Å². The van der Waals surface area contributed by atoms with E-state index in [0.29, 0.717) is 190 Å². The van der Waals surface area contributed by atoms with Crippen LogP contribution in [0, 0.1) is 0 Å². The molecule has 2 aliphatic carbocycles. The quantitative estimate of drug-likeness (QED) is 0.0324. The van der Waals surface area contributed by atoms with Gasteiger partial charge in [-0.05, 0) is 129 Å². The highest BCUT2D eigenvalue weighted by atomic mass is 79.9. The Hall–Kier alpha value is -6.72. The first-order chi connectivity index (χ1) is 45.8. The molecule has 2 heterocycles. The molecule has 24 heteroatoms. The Balaban J connectivity index is 0.915. The molecule has 496 valence electrons. The van der Waals surface area contributed by atoms with Crippen molar-refractivity contribution < 1.29 is 84.6 Å². The van der Waals surface area contributed by atoms with E-state index in [1.165, 1.54) is 0 Å². The van der Waals surface area contributed by atoms with E-state index in [1.807, 2.05) is 48.5 Å². The molecule has 0 atom stereocenters. The Morgan fingerprint density at radius 2 is 0.527 bits per heavy atom. The number of halogens is 2. The molecule has 0 aliphatic heterocycles. The average Bonchev–Trinajstić information content (AvgIpc) is 1.51. The Kier molecular flexibility index (Phi) is 26.9. The van der Waals surface area contributed by atoms with Gasteiger partial charge in [-0.2, -0.15) is 0 Å². The van der Waals surface area contributed by atoms with Crippen LogP contribution in [0.3, 0.4) is 0 Å². The van der Waals surface area contributed by atoms with Gasteiger partial charge in [-0.1, -0.05) is 56.1 Å². The molecule has 0 saturated heterocycles. The van der Waals surface area contributed by atoms with E-state index < -0.39 is 5.41 Å². The number of ether oxygens (including phenoxy) is 16. The lowest BCUT2D eigenvalue weighted by Gasteiger charge is -2.31. The van der Waals surface area contributed by atoms with Gasteiger partial charge in [0, 0.05) is 59.6 Å². The number of hydrogen-bond acceptors (Lipinski definition) is 22. The molecular formula is C69H78Br2N4O18. The zero-order chi connectivity index (χ0) is 64.5. The maximum atomic E-state index is 6.61. The highest BCUT2D eigenvalue weighted by Crippen LogP contribution is 2.64. The number of methoxy groups -OCH3 is 4. The van der Waals surface area contributed by atoms with Gasteiger partial charge in [0.1, 0.15) is 26.4 Å². The van der Waals surface area contributed by atoms with Crippen molar-refractivity contribution in [2.24, 2.45) is 0 Å². The predicted molar refractivity (Wildman–Crippen MR) is 352 cm³/mol. The molecule has 0 amide bonds. The summed E-state index contributed by atoms with van der Waals surface area (Å²) in [5.41, 5.74) is 10.5. The molecule has 2 aromatic heterocycles. The molecule has 0 N–H and O–H groups in total. The van der Waals surface area contributed by atoms with Crippen LogP contribution in [0.2, 0.25) is 0 Å². The Morgan fingerprint density at radius 3 is 0.839 bits per heavy atom. The summed E-state index contributed by atoms with van der Waals surface area (Å²) in [5.74, 6) is 3.23. The fourth-order valence-corrected chi connectivity index (χ4v) is 11.5. The Labute approximate surface area is 557 Å². The van der Waals surface area contributed by atoms with Gasteiger partial charge in [-0.15, -0.1) is 20.4 Å². The fourth-order valence-electron chi connectivity index (χ4n) is 10.8. The number of benzene rings is 6. The van der Waals surface area contributed by atoms with Crippen LogP contribution in [0.5, 0.6) is 23.0 Å². The Morgan fingerprint density at radius 1 is 0.280 bits per heavy atom. The first kappa shape index (κ1) is 69.1. The molecule has 1 spiro atoms. The van der Waals surface area contributed by atoms with Gasteiger partial charge < -0.3 is 84.6 Å². The largest absolute Gasteiger partial charge is 0.487 e. The molecule has 8 aromatic rings. The molecule has 0 fully saturated rings. The summed E-state index contributed by atoms with van der Waals surface area (Å²) in [6, 6.07) is 36.7. The van der Waals surface area contributed by atoms with Crippen LogP contribution < -0.4 is 18.9 Å². The number of hydrogen-bond donors (Lipinski definition) is 0. The van der Waals surface area contributed by atoms with Crippen molar-refractivity contribution in [1.82, 2.24) is 20.4 Å². The molecular weight excluding hydrogens is 1330 g/mol. The number of aromatic nitrogens is 4. The number of nitrogens with zero attached hydrogens (tertiary/aromatic N) is 4. The molecule has 22 nitrogen and oxygen atoms in total. The Bertz CT molecular complexity index is 3390.